The average molecular weight is 413 g/mol. The van der Waals surface area contributed by atoms with Crippen molar-refractivity contribution in [1.29, 1.82) is 0 Å². The van der Waals surface area contributed by atoms with Crippen LogP contribution >= 0.6 is 0 Å². The Morgan fingerprint density at radius 2 is 1.59 bits per heavy atom. The number of hydrogen-bond donors (Lipinski definition) is 1. The number of nitrogens with zero attached hydrogens (tertiary/aromatic N) is 2. The Labute approximate surface area is 167 Å². The molecule has 1 amide bonds. The molecule has 3 aromatic rings. The lowest BCUT2D eigenvalue weighted by molar-refractivity contribution is -0.116. The molecule has 1 heterocycles. The van der Waals surface area contributed by atoms with E-state index in [-0.39, 0.29) is 17.2 Å². The molecule has 0 saturated carbocycles. The lowest BCUT2D eigenvalue weighted by Gasteiger charge is -2.07. The van der Waals surface area contributed by atoms with E-state index in [0.717, 1.165) is 16.3 Å². The second-order valence-corrected chi connectivity index (χ2v) is 8.32. The second-order valence-electron chi connectivity index (χ2n) is 6.50. The fourth-order valence-electron chi connectivity index (χ4n) is 2.67. The van der Waals surface area contributed by atoms with Crippen LogP contribution in [0.25, 0.3) is 0 Å². The zero-order valence-electron chi connectivity index (χ0n) is 15.8. The van der Waals surface area contributed by atoms with Gasteiger partial charge in [0.1, 0.15) is 6.54 Å². The topological polar surface area (TPSA) is 107 Å². The largest absolute Gasteiger partial charge is 0.342 e. The van der Waals surface area contributed by atoms with Crippen molar-refractivity contribution >= 4 is 27.4 Å². The molecule has 8 nitrogen and oxygen atoms in total. The molecule has 0 radical (unpaired) electrons. The predicted molar refractivity (Wildman–Crippen MR) is 108 cm³/mol. The number of anilines is 1. The Morgan fingerprint density at radius 1 is 0.966 bits per heavy atom. The van der Waals surface area contributed by atoms with Gasteiger partial charge in [-0.1, -0.05) is 17.7 Å². The molecular formula is C20H19N3O5S. The van der Waals surface area contributed by atoms with Crippen LogP contribution in [0.3, 0.4) is 0 Å². The molecule has 0 aliphatic heterocycles. The van der Waals surface area contributed by atoms with Crippen molar-refractivity contribution < 1.29 is 18.0 Å². The molecule has 0 fully saturated rings. The number of nitrogens with one attached hydrogen (secondary N) is 1. The molecule has 0 spiro atoms. The van der Waals surface area contributed by atoms with Gasteiger partial charge in [0.05, 0.1) is 4.90 Å². The number of ketones is 1. The van der Waals surface area contributed by atoms with Crippen LogP contribution in [0.4, 0.5) is 5.69 Å². The van der Waals surface area contributed by atoms with Crippen LogP contribution in [0, 0.1) is 6.92 Å². The summed E-state index contributed by atoms with van der Waals surface area (Å²) in [5.41, 5.74) is 1.02. The van der Waals surface area contributed by atoms with Gasteiger partial charge in [-0.3, -0.25) is 14.2 Å². The molecule has 1 aromatic heterocycles. The minimum atomic E-state index is -4.05. The number of Topliss-reactive ketones (excluding diaryl/α,β-unsaturated/α-hetero) is 1. The predicted octanol–water partition coefficient (Wildman–Crippen LogP) is 2.04. The van der Waals surface area contributed by atoms with Gasteiger partial charge in [0.15, 0.2) is 5.78 Å². The number of imidazole rings is 1. The molecule has 1 N–H and O–H groups in total. The van der Waals surface area contributed by atoms with Crippen molar-refractivity contribution in [3.63, 3.8) is 0 Å². The van der Waals surface area contributed by atoms with Crippen LogP contribution < -0.4 is 11.0 Å². The number of carbonyl (C=O) groups excluding carboxylic acids is 2. The third-order valence-electron chi connectivity index (χ3n) is 4.28. The van der Waals surface area contributed by atoms with Gasteiger partial charge in [0.2, 0.25) is 5.91 Å². The summed E-state index contributed by atoms with van der Waals surface area (Å²) < 4.78 is 26.9. The molecule has 29 heavy (non-hydrogen) atoms. The number of amides is 1. The van der Waals surface area contributed by atoms with Gasteiger partial charge in [0.25, 0.3) is 10.0 Å². The first-order chi connectivity index (χ1) is 13.7. The number of carbonyl (C=O) groups is 2. The van der Waals surface area contributed by atoms with Gasteiger partial charge in [-0.15, -0.1) is 0 Å². The van der Waals surface area contributed by atoms with Crippen LogP contribution in [0.1, 0.15) is 22.8 Å². The SMILES string of the molecule is CC(=O)c1ccc(NC(=O)Cn2ccn(S(=O)(=O)c3ccc(C)cc3)c2=O)cc1. The Hall–Kier alpha value is -3.46. The van der Waals surface area contributed by atoms with Gasteiger partial charge >= 0.3 is 5.69 Å². The van der Waals surface area contributed by atoms with Crippen LogP contribution in [-0.2, 0) is 21.4 Å². The van der Waals surface area contributed by atoms with Crippen LogP contribution in [-0.4, -0.2) is 28.6 Å². The van der Waals surface area contributed by atoms with Crippen LogP contribution in [0.15, 0.2) is 70.6 Å². The zero-order valence-corrected chi connectivity index (χ0v) is 16.6. The maximum atomic E-state index is 12.7. The highest BCUT2D eigenvalue weighted by atomic mass is 32.2. The smallest absolute Gasteiger partial charge is 0.325 e. The maximum Gasteiger partial charge on any atom is 0.342 e. The summed E-state index contributed by atoms with van der Waals surface area (Å²) in [5, 5.41) is 2.60. The minimum Gasteiger partial charge on any atom is -0.325 e. The first-order valence-corrected chi connectivity index (χ1v) is 10.1. The van der Waals surface area contributed by atoms with Gasteiger partial charge in [-0.05, 0) is 50.2 Å². The van der Waals surface area contributed by atoms with Crippen molar-refractivity contribution in [3.8, 4) is 0 Å². The quantitative estimate of drug-likeness (QED) is 0.622. The lowest BCUT2D eigenvalue weighted by Crippen LogP contribution is -2.32. The van der Waals surface area contributed by atoms with Crippen molar-refractivity contribution in [2.24, 2.45) is 0 Å². The van der Waals surface area contributed by atoms with Crippen molar-refractivity contribution in [2.45, 2.75) is 25.3 Å². The summed E-state index contributed by atoms with van der Waals surface area (Å²) in [6, 6.07) is 12.4. The van der Waals surface area contributed by atoms with E-state index in [1.54, 1.807) is 36.4 Å². The Bertz CT molecular complexity index is 1220. The van der Waals surface area contributed by atoms with Crippen molar-refractivity contribution in [2.75, 3.05) is 5.32 Å². The minimum absolute atomic E-state index is 0.0158. The molecule has 0 saturated heterocycles. The van der Waals surface area contributed by atoms with Gasteiger partial charge in [0, 0.05) is 23.6 Å². The van der Waals surface area contributed by atoms with E-state index in [1.807, 2.05) is 6.92 Å². The maximum absolute atomic E-state index is 12.7. The van der Waals surface area contributed by atoms with E-state index in [4.69, 9.17) is 0 Å². The lowest BCUT2D eigenvalue weighted by atomic mass is 10.1. The monoisotopic (exact) mass is 413 g/mol. The number of benzene rings is 2. The fourth-order valence-corrected chi connectivity index (χ4v) is 3.90. The highest BCUT2D eigenvalue weighted by Crippen LogP contribution is 2.13. The molecule has 2 aromatic carbocycles. The molecular weight excluding hydrogens is 394 g/mol. The Balaban J connectivity index is 1.77. The van der Waals surface area contributed by atoms with E-state index < -0.39 is 21.6 Å². The molecule has 0 bridgehead atoms. The third kappa shape index (κ3) is 4.35. The van der Waals surface area contributed by atoms with Crippen molar-refractivity contribution in [3.05, 3.63) is 82.5 Å². The number of rotatable bonds is 6. The molecule has 9 heteroatoms. The molecule has 0 unspecified atom stereocenters. The number of hydrogen-bond acceptors (Lipinski definition) is 5. The number of aryl methyl sites for hydroxylation is 1. The normalized spacial score (nSPS) is 11.2. The Morgan fingerprint density at radius 3 is 2.17 bits per heavy atom. The molecule has 0 aliphatic rings. The molecule has 3 rings (SSSR count). The summed E-state index contributed by atoms with van der Waals surface area (Å²) in [6.07, 6.45) is 2.36. The van der Waals surface area contributed by atoms with Crippen LogP contribution in [0.5, 0.6) is 0 Å². The van der Waals surface area contributed by atoms with Gasteiger partial charge in [-0.25, -0.2) is 13.2 Å². The second kappa shape index (κ2) is 7.88. The Kier molecular flexibility index (Phi) is 5.51. The van der Waals surface area contributed by atoms with E-state index >= 15 is 0 Å². The highest BCUT2D eigenvalue weighted by Gasteiger charge is 2.21. The first-order valence-electron chi connectivity index (χ1n) is 8.69. The average Bonchev–Trinajstić information content (AvgIpc) is 3.03. The summed E-state index contributed by atoms with van der Waals surface area (Å²) in [5.74, 6) is -0.598. The molecule has 0 aliphatic carbocycles. The molecule has 150 valence electrons. The fraction of sp³-hybridized carbons (Fsp3) is 0.150. The summed E-state index contributed by atoms with van der Waals surface area (Å²) in [7, 11) is -4.05. The van der Waals surface area contributed by atoms with E-state index in [9.17, 15) is 22.8 Å². The summed E-state index contributed by atoms with van der Waals surface area (Å²) >= 11 is 0. The highest BCUT2D eigenvalue weighted by molar-refractivity contribution is 7.90. The standard InChI is InChI=1S/C20H19N3O5S/c1-14-3-9-18(10-4-14)29(27,28)23-12-11-22(20(23)26)13-19(25)21-17-7-5-16(6-8-17)15(2)24/h3-12H,13H2,1-2H3,(H,21,25). The van der Waals surface area contributed by atoms with Gasteiger partial charge in [-0.2, -0.15) is 3.97 Å². The zero-order chi connectivity index (χ0) is 21.2. The van der Waals surface area contributed by atoms with E-state index in [0.29, 0.717) is 15.2 Å². The summed E-state index contributed by atoms with van der Waals surface area (Å²) in [6.45, 7) is 2.91. The first kappa shape index (κ1) is 20.3. The third-order valence-corrected chi connectivity index (χ3v) is 5.95. The van der Waals surface area contributed by atoms with E-state index in [1.165, 1.54) is 25.3 Å². The summed E-state index contributed by atoms with van der Waals surface area (Å²) in [4.78, 5) is 36.0. The van der Waals surface area contributed by atoms with E-state index in [2.05, 4.69) is 5.32 Å². The van der Waals surface area contributed by atoms with Crippen LogP contribution in [0.2, 0.25) is 0 Å². The van der Waals surface area contributed by atoms with Gasteiger partial charge < -0.3 is 5.32 Å². The number of aromatic nitrogens is 2. The molecule has 0 atom stereocenters. The van der Waals surface area contributed by atoms with Crippen molar-refractivity contribution in [1.82, 2.24) is 8.54 Å².